The van der Waals surface area contributed by atoms with Gasteiger partial charge >= 0.3 is 5.97 Å². The normalized spacial score (nSPS) is 17.7. The van der Waals surface area contributed by atoms with Crippen molar-refractivity contribution in [3.8, 4) is 11.3 Å². The van der Waals surface area contributed by atoms with Gasteiger partial charge < -0.3 is 14.7 Å². The number of ether oxygens (including phenoxy) is 1. The zero-order valence-electron chi connectivity index (χ0n) is 12.7. The molecule has 2 N–H and O–H groups in total. The number of carboxylic acid groups (broad SMARTS) is 1. The Bertz CT molecular complexity index is 761. The van der Waals surface area contributed by atoms with Gasteiger partial charge in [0, 0.05) is 12.1 Å². The van der Waals surface area contributed by atoms with Gasteiger partial charge in [-0.05, 0) is 12.1 Å². The number of rotatable bonds is 4. The van der Waals surface area contributed by atoms with Crippen LogP contribution in [0.3, 0.4) is 0 Å². The molecule has 0 spiro atoms. The maximum absolute atomic E-state index is 12.7. The molecule has 7 nitrogen and oxygen atoms in total. The molecule has 8 heteroatoms. The van der Waals surface area contributed by atoms with Crippen molar-refractivity contribution in [1.29, 1.82) is 0 Å². The topological polar surface area (TPSA) is 95.5 Å². The second-order valence-corrected chi connectivity index (χ2v) is 5.88. The lowest BCUT2D eigenvalue weighted by Crippen LogP contribution is -2.49. The van der Waals surface area contributed by atoms with E-state index in [-0.39, 0.29) is 18.9 Å². The molecule has 2 heterocycles. The molecule has 1 saturated heterocycles. The average molecular weight is 350 g/mol. The van der Waals surface area contributed by atoms with Crippen LogP contribution in [0.15, 0.2) is 30.3 Å². The quantitative estimate of drug-likeness (QED) is 0.880. The number of benzene rings is 1. The van der Waals surface area contributed by atoms with E-state index in [4.69, 9.17) is 21.4 Å². The monoisotopic (exact) mass is 349 g/mol. The van der Waals surface area contributed by atoms with Crippen LogP contribution in [-0.4, -0.2) is 57.9 Å². The lowest BCUT2D eigenvalue weighted by Gasteiger charge is -2.34. The fraction of sp³-hybridized carbons (Fsp3) is 0.312. The van der Waals surface area contributed by atoms with Gasteiger partial charge in [0.1, 0.15) is 5.69 Å². The molecule has 1 aliphatic rings. The third kappa shape index (κ3) is 3.42. The van der Waals surface area contributed by atoms with Crippen LogP contribution in [0.1, 0.15) is 16.9 Å². The van der Waals surface area contributed by atoms with Crippen LogP contribution in [0, 0.1) is 0 Å². The maximum Gasteiger partial charge on any atom is 0.305 e. The summed E-state index contributed by atoms with van der Waals surface area (Å²) < 4.78 is 5.29. The van der Waals surface area contributed by atoms with Crippen LogP contribution in [0.4, 0.5) is 0 Å². The van der Waals surface area contributed by atoms with Crippen molar-refractivity contribution in [2.75, 3.05) is 19.8 Å². The predicted molar refractivity (Wildman–Crippen MR) is 86.9 cm³/mol. The fourth-order valence-electron chi connectivity index (χ4n) is 2.69. The van der Waals surface area contributed by atoms with Gasteiger partial charge in [-0.1, -0.05) is 29.8 Å². The first-order valence-corrected chi connectivity index (χ1v) is 7.85. The molecule has 1 atom stereocenters. The Morgan fingerprint density at radius 3 is 2.96 bits per heavy atom. The molecular weight excluding hydrogens is 334 g/mol. The second-order valence-electron chi connectivity index (χ2n) is 5.47. The van der Waals surface area contributed by atoms with Crippen LogP contribution >= 0.6 is 11.6 Å². The number of carbonyl (C=O) groups excluding carboxylic acids is 1. The van der Waals surface area contributed by atoms with Crippen molar-refractivity contribution in [3.05, 3.63) is 41.0 Å². The molecule has 0 saturated carbocycles. The number of halogens is 1. The Kier molecular flexibility index (Phi) is 4.82. The first kappa shape index (κ1) is 16.5. The van der Waals surface area contributed by atoms with Crippen molar-refractivity contribution < 1.29 is 19.4 Å². The molecule has 126 valence electrons. The molecule has 24 heavy (non-hydrogen) atoms. The van der Waals surface area contributed by atoms with E-state index >= 15 is 0 Å². The van der Waals surface area contributed by atoms with E-state index in [9.17, 15) is 9.59 Å². The first-order chi connectivity index (χ1) is 11.6. The van der Waals surface area contributed by atoms with E-state index in [1.807, 2.05) is 18.2 Å². The standard InChI is InChI=1S/C16H16ClN3O4/c17-12-4-2-1-3-11(12)13-8-14(19-18-13)16(23)20-5-6-24-9-10(20)7-15(21)22/h1-4,8,10H,5-7,9H2,(H,18,19)(H,21,22). The highest BCUT2D eigenvalue weighted by atomic mass is 35.5. The minimum Gasteiger partial charge on any atom is -0.481 e. The summed E-state index contributed by atoms with van der Waals surface area (Å²) in [6, 6.07) is 8.34. The van der Waals surface area contributed by atoms with Gasteiger partial charge in [0.2, 0.25) is 0 Å². The molecule has 2 aromatic rings. The van der Waals surface area contributed by atoms with E-state index < -0.39 is 12.0 Å². The van der Waals surface area contributed by atoms with E-state index in [1.165, 1.54) is 4.90 Å². The molecule has 1 aromatic heterocycles. The van der Waals surface area contributed by atoms with Crippen molar-refractivity contribution >= 4 is 23.5 Å². The number of morpholine rings is 1. The number of carbonyl (C=O) groups is 2. The zero-order chi connectivity index (χ0) is 17.1. The fourth-order valence-corrected chi connectivity index (χ4v) is 2.92. The molecule has 1 aromatic carbocycles. The molecular formula is C16H16ClN3O4. The Hall–Kier alpha value is -2.38. The lowest BCUT2D eigenvalue weighted by molar-refractivity contribution is -0.139. The Labute approximate surface area is 143 Å². The Morgan fingerprint density at radius 1 is 1.42 bits per heavy atom. The van der Waals surface area contributed by atoms with Gasteiger partial charge in [0.05, 0.1) is 36.4 Å². The average Bonchev–Trinajstić information content (AvgIpc) is 3.04. The van der Waals surface area contributed by atoms with Crippen molar-refractivity contribution in [1.82, 2.24) is 15.1 Å². The van der Waals surface area contributed by atoms with Crippen LogP contribution < -0.4 is 0 Å². The molecule has 1 unspecified atom stereocenters. The number of nitrogens with zero attached hydrogens (tertiary/aromatic N) is 2. The summed E-state index contributed by atoms with van der Waals surface area (Å²) in [5, 5.41) is 16.4. The van der Waals surface area contributed by atoms with Crippen molar-refractivity contribution in [2.45, 2.75) is 12.5 Å². The highest BCUT2D eigenvalue weighted by molar-refractivity contribution is 6.33. The Balaban J connectivity index is 1.82. The summed E-state index contributed by atoms with van der Waals surface area (Å²) in [5.74, 6) is -1.26. The van der Waals surface area contributed by atoms with E-state index in [2.05, 4.69) is 10.2 Å². The summed E-state index contributed by atoms with van der Waals surface area (Å²) in [5.41, 5.74) is 1.58. The number of nitrogens with one attached hydrogen (secondary N) is 1. The van der Waals surface area contributed by atoms with Gasteiger partial charge in [-0.2, -0.15) is 5.10 Å². The van der Waals surface area contributed by atoms with Crippen molar-refractivity contribution in [3.63, 3.8) is 0 Å². The van der Waals surface area contributed by atoms with E-state index in [0.29, 0.717) is 29.6 Å². The summed E-state index contributed by atoms with van der Waals surface area (Å²) in [4.78, 5) is 25.2. The smallest absolute Gasteiger partial charge is 0.305 e. The second kappa shape index (κ2) is 7.02. The van der Waals surface area contributed by atoms with E-state index in [1.54, 1.807) is 12.1 Å². The minimum atomic E-state index is -0.968. The highest BCUT2D eigenvalue weighted by Gasteiger charge is 2.30. The molecule has 0 radical (unpaired) electrons. The minimum absolute atomic E-state index is 0.156. The summed E-state index contributed by atoms with van der Waals surface area (Å²) >= 11 is 6.15. The van der Waals surface area contributed by atoms with Gasteiger partial charge in [-0.3, -0.25) is 14.7 Å². The predicted octanol–water partition coefficient (Wildman–Crippen LogP) is 2.05. The zero-order valence-corrected chi connectivity index (χ0v) is 13.5. The maximum atomic E-state index is 12.7. The molecule has 0 aliphatic carbocycles. The SMILES string of the molecule is O=C(O)CC1COCCN1C(=O)c1cc(-c2ccccc2Cl)n[nH]1. The first-order valence-electron chi connectivity index (χ1n) is 7.47. The molecule has 3 rings (SSSR count). The highest BCUT2D eigenvalue weighted by Crippen LogP contribution is 2.26. The van der Waals surface area contributed by atoms with E-state index in [0.717, 1.165) is 5.56 Å². The van der Waals surface area contributed by atoms with Gasteiger partial charge in [0.25, 0.3) is 5.91 Å². The largest absolute Gasteiger partial charge is 0.481 e. The lowest BCUT2D eigenvalue weighted by atomic mass is 10.1. The molecule has 1 fully saturated rings. The number of H-pyrrole nitrogens is 1. The third-order valence-electron chi connectivity index (χ3n) is 3.86. The number of hydrogen-bond acceptors (Lipinski definition) is 4. The van der Waals surface area contributed by atoms with Gasteiger partial charge in [-0.15, -0.1) is 0 Å². The molecule has 1 amide bonds. The van der Waals surface area contributed by atoms with Crippen LogP contribution in [0.2, 0.25) is 5.02 Å². The molecule has 1 aliphatic heterocycles. The third-order valence-corrected chi connectivity index (χ3v) is 4.19. The van der Waals surface area contributed by atoms with Gasteiger partial charge in [-0.25, -0.2) is 0 Å². The number of aromatic nitrogens is 2. The summed E-state index contributed by atoms with van der Waals surface area (Å²) in [7, 11) is 0. The summed E-state index contributed by atoms with van der Waals surface area (Å²) in [6.45, 7) is 0.939. The van der Waals surface area contributed by atoms with Gasteiger partial charge in [0.15, 0.2) is 0 Å². The number of amides is 1. The van der Waals surface area contributed by atoms with Crippen LogP contribution in [-0.2, 0) is 9.53 Å². The number of aliphatic carboxylic acids is 1. The Morgan fingerprint density at radius 2 is 2.21 bits per heavy atom. The van der Waals surface area contributed by atoms with Crippen molar-refractivity contribution in [2.24, 2.45) is 0 Å². The van der Waals surface area contributed by atoms with Crippen LogP contribution in [0.25, 0.3) is 11.3 Å². The van der Waals surface area contributed by atoms with Crippen LogP contribution in [0.5, 0.6) is 0 Å². The number of aromatic amines is 1. The molecule has 0 bridgehead atoms. The summed E-state index contributed by atoms with van der Waals surface area (Å²) in [6.07, 6.45) is -0.156. The number of hydrogen-bond donors (Lipinski definition) is 2. The number of carboxylic acids is 1.